The van der Waals surface area contributed by atoms with Gasteiger partial charge in [-0.2, -0.15) is 0 Å². The third kappa shape index (κ3) is 3.20. The predicted molar refractivity (Wildman–Crippen MR) is 133 cm³/mol. The van der Waals surface area contributed by atoms with Crippen molar-refractivity contribution in [2.75, 3.05) is 14.2 Å². The van der Waals surface area contributed by atoms with Gasteiger partial charge in [-0.1, -0.05) is 97.1 Å². The van der Waals surface area contributed by atoms with Crippen LogP contribution >= 0.6 is 0 Å². The molecule has 1 atom stereocenters. The first-order valence-corrected chi connectivity index (χ1v) is 11.1. The van der Waals surface area contributed by atoms with Gasteiger partial charge in [-0.15, -0.1) is 0 Å². The molecule has 0 bridgehead atoms. The van der Waals surface area contributed by atoms with Crippen LogP contribution in [0.1, 0.15) is 27.0 Å². The Kier molecular flexibility index (Phi) is 5.53. The van der Waals surface area contributed by atoms with Crippen LogP contribution in [0.25, 0.3) is 16.3 Å². The summed E-state index contributed by atoms with van der Waals surface area (Å²) in [5, 5.41) is 1.84. The Balaban J connectivity index is 2.05. The van der Waals surface area contributed by atoms with Gasteiger partial charge < -0.3 is 9.47 Å². The minimum absolute atomic E-state index is 0.0573. The van der Waals surface area contributed by atoms with Crippen molar-refractivity contribution >= 4 is 34.1 Å². The first kappa shape index (κ1) is 22.3. The summed E-state index contributed by atoms with van der Waals surface area (Å²) in [6.45, 7) is 0. The third-order valence-electron chi connectivity index (χ3n) is 6.55. The number of Topliss-reactive ketones (excluding diaryl/α,β-unsaturated/α-hetero) is 1. The van der Waals surface area contributed by atoms with Gasteiger partial charge in [0.1, 0.15) is 0 Å². The lowest BCUT2D eigenvalue weighted by Gasteiger charge is -2.37. The lowest BCUT2D eigenvalue weighted by atomic mass is 9.62. The highest BCUT2D eigenvalue weighted by atomic mass is 16.5. The van der Waals surface area contributed by atoms with Crippen LogP contribution in [0.4, 0.5) is 0 Å². The number of hydrogen-bond donors (Lipinski definition) is 0. The van der Waals surface area contributed by atoms with Crippen LogP contribution in [-0.2, 0) is 24.5 Å². The van der Waals surface area contributed by atoms with Crippen LogP contribution < -0.4 is 0 Å². The third-order valence-corrected chi connectivity index (χ3v) is 6.55. The number of fused-ring (bicyclic) bond motifs is 2. The fourth-order valence-corrected chi connectivity index (χ4v) is 5.05. The highest BCUT2D eigenvalue weighted by molar-refractivity contribution is 6.31. The highest BCUT2D eigenvalue weighted by Gasteiger charge is 2.58. The molecule has 0 N–H and O–H groups in total. The Labute approximate surface area is 202 Å². The summed E-state index contributed by atoms with van der Waals surface area (Å²) < 4.78 is 10.5. The summed E-state index contributed by atoms with van der Waals surface area (Å²) in [6, 6.07) is 29.1. The van der Waals surface area contributed by atoms with E-state index >= 15 is 0 Å². The van der Waals surface area contributed by atoms with Crippen LogP contribution in [-0.4, -0.2) is 31.9 Å². The number of esters is 2. The minimum atomic E-state index is -2.04. The number of carbonyl (C=O) groups is 3. The van der Waals surface area contributed by atoms with Crippen LogP contribution in [0.15, 0.2) is 103 Å². The fraction of sp³-hybridized carbons (Fsp3) is 0.100. The molecule has 0 radical (unpaired) electrons. The van der Waals surface area contributed by atoms with Crippen molar-refractivity contribution in [2.45, 2.75) is 5.41 Å². The van der Waals surface area contributed by atoms with Gasteiger partial charge in [0.05, 0.1) is 19.8 Å². The van der Waals surface area contributed by atoms with Crippen LogP contribution in [0.5, 0.6) is 0 Å². The number of methoxy groups -OCH3 is 2. The molecule has 5 heteroatoms. The standard InChI is InChI=1S/C30H22O5/c1-34-28(32)26-25(22-18-10-12-19-11-6-7-15-21(19)22)23-16-8-9-17-24(23)27(31)30(26,29(33)35-2)20-13-4-3-5-14-20/h3-18H,1-2H3/t30-/m1/s1. The minimum Gasteiger partial charge on any atom is -0.468 e. The molecule has 0 aromatic heterocycles. The second-order valence-electron chi connectivity index (χ2n) is 8.25. The summed E-state index contributed by atoms with van der Waals surface area (Å²) in [6.07, 6.45) is 0. The molecule has 0 saturated heterocycles. The zero-order valence-corrected chi connectivity index (χ0v) is 19.3. The van der Waals surface area contributed by atoms with E-state index in [1.807, 2.05) is 42.5 Å². The topological polar surface area (TPSA) is 69.7 Å². The number of carbonyl (C=O) groups excluding carboxylic acids is 3. The van der Waals surface area contributed by atoms with Crippen LogP contribution in [0.3, 0.4) is 0 Å². The Morgan fingerprint density at radius 2 is 1.26 bits per heavy atom. The zero-order valence-electron chi connectivity index (χ0n) is 19.3. The van der Waals surface area contributed by atoms with Crippen molar-refractivity contribution in [3.05, 3.63) is 125 Å². The summed E-state index contributed by atoms with van der Waals surface area (Å²) in [5.74, 6) is -2.15. The number of hydrogen-bond acceptors (Lipinski definition) is 5. The quantitative estimate of drug-likeness (QED) is 0.311. The fourth-order valence-electron chi connectivity index (χ4n) is 5.05. The predicted octanol–water partition coefficient (Wildman–Crippen LogP) is 5.12. The molecule has 5 nitrogen and oxygen atoms in total. The van der Waals surface area contributed by atoms with Gasteiger partial charge in [-0.3, -0.25) is 9.59 Å². The van der Waals surface area contributed by atoms with E-state index < -0.39 is 23.1 Å². The van der Waals surface area contributed by atoms with Crippen molar-refractivity contribution in [1.82, 2.24) is 0 Å². The molecule has 5 rings (SSSR count). The molecule has 0 fully saturated rings. The Bertz CT molecular complexity index is 1510. The maximum absolute atomic E-state index is 14.3. The average Bonchev–Trinajstić information content (AvgIpc) is 2.92. The second kappa shape index (κ2) is 8.69. The van der Waals surface area contributed by atoms with Crippen molar-refractivity contribution in [3.8, 4) is 0 Å². The summed E-state index contributed by atoms with van der Waals surface area (Å²) in [5.41, 5.74) is 0.319. The maximum atomic E-state index is 14.3. The van der Waals surface area contributed by atoms with Crippen LogP contribution in [0, 0.1) is 0 Å². The monoisotopic (exact) mass is 462 g/mol. The van der Waals surface area contributed by atoms with Crippen molar-refractivity contribution < 1.29 is 23.9 Å². The van der Waals surface area contributed by atoms with Gasteiger partial charge in [0.25, 0.3) is 0 Å². The highest BCUT2D eigenvalue weighted by Crippen LogP contribution is 2.49. The molecular formula is C30H22O5. The van der Waals surface area contributed by atoms with Crippen molar-refractivity contribution in [2.24, 2.45) is 0 Å². The molecule has 0 saturated carbocycles. The van der Waals surface area contributed by atoms with E-state index in [4.69, 9.17) is 9.47 Å². The van der Waals surface area contributed by atoms with E-state index in [2.05, 4.69) is 0 Å². The second-order valence-corrected chi connectivity index (χ2v) is 8.25. The Morgan fingerprint density at radius 3 is 1.97 bits per heavy atom. The van der Waals surface area contributed by atoms with E-state index in [1.165, 1.54) is 14.2 Å². The van der Waals surface area contributed by atoms with Gasteiger partial charge in [0, 0.05) is 11.1 Å². The number of rotatable bonds is 4. The molecule has 35 heavy (non-hydrogen) atoms. The SMILES string of the molecule is COC(=O)C1=C(c2cccc3ccccc23)c2ccccc2C(=O)[C@@]1(C(=O)OC)c1ccccc1. The van der Waals surface area contributed by atoms with E-state index in [1.54, 1.807) is 54.6 Å². The molecular weight excluding hydrogens is 440 g/mol. The van der Waals surface area contributed by atoms with Gasteiger partial charge in [-0.25, -0.2) is 4.79 Å². The molecule has 0 heterocycles. The Hall–Kier alpha value is -4.51. The molecule has 0 spiro atoms. The first-order chi connectivity index (χ1) is 17.1. The molecule has 1 aliphatic carbocycles. The lowest BCUT2D eigenvalue weighted by molar-refractivity contribution is -0.147. The van der Waals surface area contributed by atoms with E-state index in [-0.39, 0.29) is 5.57 Å². The summed E-state index contributed by atoms with van der Waals surface area (Å²) in [4.78, 5) is 41.6. The lowest BCUT2D eigenvalue weighted by Crippen LogP contribution is -2.51. The molecule has 0 aliphatic heterocycles. The van der Waals surface area contributed by atoms with Gasteiger partial charge >= 0.3 is 11.9 Å². The molecule has 172 valence electrons. The number of ketones is 1. The van der Waals surface area contributed by atoms with Gasteiger partial charge in [0.2, 0.25) is 0 Å². The molecule has 1 aliphatic rings. The molecule has 0 amide bonds. The van der Waals surface area contributed by atoms with Crippen molar-refractivity contribution in [3.63, 3.8) is 0 Å². The summed E-state index contributed by atoms with van der Waals surface area (Å²) >= 11 is 0. The normalized spacial score (nSPS) is 17.1. The van der Waals surface area contributed by atoms with E-state index in [0.29, 0.717) is 27.8 Å². The largest absolute Gasteiger partial charge is 0.468 e. The van der Waals surface area contributed by atoms with E-state index in [9.17, 15) is 14.4 Å². The van der Waals surface area contributed by atoms with Gasteiger partial charge in [0.15, 0.2) is 11.2 Å². The zero-order chi connectivity index (χ0) is 24.6. The van der Waals surface area contributed by atoms with Crippen LogP contribution in [0.2, 0.25) is 0 Å². The smallest absolute Gasteiger partial charge is 0.336 e. The molecule has 4 aromatic rings. The first-order valence-electron chi connectivity index (χ1n) is 11.1. The number of benzene rings is 4. The molecule has 0 unspecified atom stereocenters. The van der Waals surface area contributed by atoms with Gasteiger partial charge in [-0.05, 0) is 27.5 Å². The maximum Gasteiger partial charge on any atom is 0.336 e. The van der Waals surface area contributed by atoms with Crippen molar-refractivity contribution in [1.29, 1.82) is 0 Å². The Morgan fingerprint density at radius 1 is 0.657 bits per heavy atom. The van der Waals surface area contributed by atoms with E-state index in [0.717, 1.165) is 10.8 Å². The average molecular weight is 463 g/mol. The summed E-state index contributed by atoms with van der Waals surface area (Å²) in [7, 11) is 2.46. The number of ether oxygens (including phenoxy) is 2. The molecule has 4 aromatic carbocycles.